The quantitative estimate of drug-likeness (QED) is 0.660. The molecule has 2 rings (SSSR count). The van der Waals surface area contributed by atoms with Gasteiger partial charge in [-0.05, 0) is 43.9 Å². The molecule has 0 radical (unpaired) electrons. The monoisotopic (exact) mass is 257 g/mol. The molecule has 2 fully saturated rings. The van der Waals surface area contributed by atoms with Gasteiger partial charge in [-0.3, -0.25) is 4.79 Å². The van der Waals surface area contributed by atoms with Crippen molar-refractivity contribution in [3.8, 4) is 0 Å². The molecule has 1 saturated carbocycles. The first-order valence-electron chi connectivity index (χ1n) is 7.00. The van der Waals surface area contributed by atoms with E-state index in [2.05, 4.69) is 13.8 Å². The maximum Gasteiger partial charge on any atom is 0.225 e. The molecule has 17 heavy (non-hydrogen) atoms. The lowest BCUT2D eigenvalue weighted by atomic mass is 9.82. The summed E-state index contributed by atoms with van der Waals surface area (Å²) in [4.78, 5) is 14.4. The summed E-state index contributed by atoms with van der Waals surface area (Å²) in [5, 5.41) is 0.148. The SMILES string of the molecule is CC1CCC(C(=O)N2CCC(C)C(Cl)C2)CC1. The first kappa shape index (κ1) is 13.2. The summed E-state index contributed by atoms with van der Waals surface area (Å²) in [6, 6.07) is 0. The molecule has 0 bridgehead atoms. The first-order chi connectivity index (χ1) is 8.08. The van der Waals surface area contributed by atoms with Crippen LogP contribution < -0.4 is 0 Å². The Balaban J connectivity index is 1.87. The molecule has 2 nitrogen and oxygen atoms in total. The van der Waals surface area contributed by atoms with Crippen LogP contribution in [0.5, 0.6) is 0 Å². The molecule has 98 valence electrons. The highest BCUT2D eigenvalue weighted by molar-refractivity contribution is 6.21. The van der Waals surface area contributed by atoms with Crippen molar-refractivity contribution in [3.05, 3.63) is 0 Å². The van der Waals surface area contributed by atoms with Gasteiger partial charge >= 0.3 is 0 Å². The van der Waals surface area contributed by atoms with Gasteiger partial charge < -0.3 is 4.90 Å². The molecule has 1 saturated heterocycles. The maximum absolute atomic E-state index is 12.4. The minimum atomic E-state index is 0.148. The van der Waals surface area contributed by atoms with Crippen molar-refractivity contribution >= 4 is 17.5 Å². The fourth-order valence-electron chi connectivity index (χ4n) is 2.99. The Morgan fingerprint density at radius 3 is 2.35 bits per heavy atom. The fraction of sp³-hybridized carbons (Fsp3) is 0.929. The average Bonchev–Trinajstić information content (AvgIpc) is 2.33. The number of amides is 1. The van der Waals surface area contributed by atoms with E-state index in [0.29, 0.717) is 11.8 Å². The van der Waals surface area contributed by atoms with Gasteiger partial charge in [0.1, 0.15) is 0 Å². The Kier molecular flexibility index (Phi) is 4.35. The molecular weight excluding hydrogens is 234 g/mol. The third kappa shape index (κ3) is 3.15. The zero-order valence-corrected chi connectivity index (χ0v) is 11.7. The van der Waals surface area contributed by atoms with E-state index in [0.717, 1.165) is 38.3 Å². The van der Waals surface area contributed by atoms with E-state index >= 15 is 0 Å². The number of rotatable bonds is 1. The number of hydrogen-bond acceptors (Lipinski definition) is 1. The molecule has 2 atom stereocenters. The summed E-state index contributed by atoms with van der Waals surface area (Å²) < 4.78 is 0. The third-order valence-electron chi connectivity index (χ3n) is 4.54. The van der Waals surface area contributed by atoms with Gasteiger partial charge in [-0.25, -0.2) is 0 Å². The molecule has 0 aromatic heterocycles. The summed E-state index contributed by atoms with van der Waals surface area (Å²) in [6.45, 7) is 6.14. The zero-order valence-electron chi connectivity index (χ0n) is 11.0. The Bertz CT molecular complexity index is 273. The number of piperidine rings is 1. The summed E-state index contributed by atoms with van der Waals surface area (Å²) in [5.41, 5.74) is 0. The maximum atomic E-state index is 12.4. The zero-order chi connectivity index (χ0) is 12.4. The van der Waals surface area contributed by atoms with Crippen LogP contribution in [-0.2, 0) is 4.79 Å². The van der Waals surface area contributed by atoms with Crippen LogP contribution in [0, 0.1) is 17.8 Å². The van der Waals surface area contributed by atoms with Crippen LogP contribution in [0.25, 0.3) is 0 Å². The lowest BCUT2D eigenvalue weighted by Crippen LogP contribution is -2.46. The predicted molar refractivity (Wildman–Crippen MR) is 71.1 cm³/mol. The van der Waals surface area contributed by atoms with Crippen LogP contribution in [-0.4, -0.2) is 29.3 Å². The van der Waals surface area contributed by atoms with Crippen molar-refractivity contribution in [3.63, 3.8) is 0 Å². The second kappa shape index (κ2) is 5.60. The molecule has 1 heterocycles. The molecule has 2 aliphatic rings. The van der Waals surface area contributed by atoms with Crippen molar-refractivity contribution in [2.45, 2.75) is 51.3 Å². The van der Waals surface area contributed by atoms with E-state index in [1.165, 1.54) is 12.8 Å². The molecule has 0 aromatic rings. The van der Waals surface area contributed by atoms with Crippen LogP contribution in [0.3, 0.4) is 0 Å². The second-order valence-corrected chi connectivity index (χ2v) is 6.58. The third-order valence-corrected chi connectivity index (χ3v) is 5.11. The van der Waals surface area contributed by atoms with Gasteiger partial charge in [-0.15, -0.1) is 11.6 Å². The van der Waals surface area contributed by atoms with Crippen molar-refractivity contribution in [1.82, 2.24) is 4.90 Å². The minimum Gasteiger partial charge on any atom is -0.341 e. The number of halogens is 1. The Hall–Kier alpha value is -0.240. The van der Waals surface area contributed by atoms with Crippen molar-refractivity contribution < 1.29 is 4.79 Å². The van der Waals surface area contributed by atoms with E-state index in [9.17, 15) is 4.79 Å². The van der Waals surface area contributed by atoms with E-state index in [4.69, 9.17) is 11.6 Å². The topological polar surface area (TPSA) is 20.3 Å². The number of likely N-dealkylation sites (tertiary alicyclic amines) is 1. The van der Waals surface area contributed by atoms with Crippen LogP contribution in [0.4, 0.5) is 0 Å². The lowest BCUT2D eigenvalue weighted by molar-refractivity contribution is -0.138. The molecule has 0 aromatic carbocycles. The Labute approximate surface area is 110 Å². The Morgan fingerprint density at radius 1 is 1.12 bits per heavy atom. The number of nitrogens with zero attached hydrogens (tertiary/aromatic N) is 1. The van der Waals surface area contributed by atoms with Gasteiger partial charge in [0, 0.05) is 19.0 Å². The highest BCUT2D eigenvalue weighted by Gasteiger charge is 2.32. The van der Waals surface area contributed by atoms with Crippen LogP contribution in [0.2, 0.25) is 0 Å². The predicted octanol–water partition coefficient (Wildman–Crippen LogP) is 3.29. The average molecular weight is 258 g/mol. The van der Waals surface area contributed by atoms with Crippen LogP contribution in [0.15, 0.2) is 0 Å². The van der Waals surface area contributed by atoms with Gasteiger partial charge in [0.25, 0.3) is 0 Å². The van der Waals surface area contributed by atoms with Gasteiger partial charge in [0.2, 0.25) is 5.91 Å². The van der Waals surface area contributed by atoms with E-state index in [1.54, 1.807) is 0 Å². The van der Waals surface area contributed by atoms with Gasteiger partial charge in [0.15, 0.2) is 0 Å². The second-order valence-electron chi connectivity index (χ2n) is 6.02. The lowest BCUT2D eigenvalue weighted by Gasteiger charge is -2.37. The standard InChI is InChI=1S/C14H24ClNO/c1-10-3-5-12(6-4-10)14(17)16-8-7-11(2)13(15)9-16/h10-13H,3-9H2,1-2H3. The molecule has 0 N–H and O–H groups in total. The highest BCUT2D eigenvalue weighted by Crippen LogP contribution is 2.31. The van der Waals surface area contributed by atoms with Crippen LogP contribution in [0.1, 0.15) is 46.0 Å². The van der Waals surface area contributed by atoms with Crippen molar-refractivity contribution in [1.29, 1.82) is 0 Å². The molecule has 0 spiro atoms. The van der Waals surface area contributed by atoms with Gasteiger partial charge in [0.05, 0.1) is 5.38 Å². The molecule has 1 amide bonds. The molecule has 1 aliphatic heterocycles. The van der Waals surface area contributed by atoms with Crippen molar-refractivity contribution in [2.75, 3.05) is 13.1 Å². The number of carbonyl (C=O) groups is 1. The summed E-state index contributed by atoms with van der Waals surface area (Å²) in [6.07, 6.45) is 5.65. The number of carbonyl (C=O) groups excluding carboxylic acids is 1. The normalized spacial score (nSPS) is 39.1. The van der Waals surface area contributed by atoms with Crippen molar-refractivity contribution in [2.24, 2.45) is 17.8 Å². The molecule has 1 aliphatic carbocycles. The largest absolute Gasteiger partial charge is 0.341 e. The van der Waals surface area contributed by atoms with E-state index < -0.39 is 0 Å². The summed E-state index contributed by atoms with van der Waals surface area (Å²) >= 11 is 6.27. The smallest absolute Gasteiger partial charge is 0.225 e. The van der Waals surface area contributed by atoms with E-state index in [-0.39, 0.29) is 11.3 Å². The molecule has 3 heteroatoms. The Morgan fingerprint density at radius 2 is 1.76 bits per heavy atom. The number of hydrogen-bond donors (Lipinski definition) is 0. The van der Waals surface area contributed by atoms with E-state index in [1.807, 2.05) is 4.90 Å². The van der Waals surface area contributed by atoms with Gasteiger partial charge in [-0.2, -0.15) is 0 Å². The summed E-state index contributed by atoms with van der Waals surface area (Å²) in [5.74, 6) is 2.01. The first-order valence-corrected chi connectivity index (χ1v) is 7.44. The molecule has 2 unspecified atom stereocenters. The number of alkyl halides is 1. The molecular formula is C14H24ClNO. The van der Waals surface area contributed by atoms with Crippen LogP contribution >= 0.6 is 11.6 Å². The highest BCUT2D eigenvalue weighted by atomic mass is 35.5. The van der Waals surface area contributed by atoms with Gasteiger partial charge in [-0.1, -0.05) is 13.8 Å². The minimum absolute atomic E-state index is 0.148. The fourth-order valence-corrected chi connectivity index (χ4v) is 3.28. The summed E-state index contributed by atoms with van der Waals surface area (Å²) in [7, 11) is 0.